The minimum Gasteiger partial charge on any atom is -0.309 e. The average Bonchev–Trinajstić information content (AvgIpc) is 2.70. The third-order valence-corrected chi connectivity index (χ3v) is 4.42. The van der Waals surface area contributed by atoms with Gasteiger partial charge in [0.15, 0.2) is 0 Å². The summed E-state index contributed by atoms with van der Waals surface area (Å²) in [5, 5.41) is 4.65. The molecule has 0 unspecified atom stereocenters. The van der Waals surface area contributed by atoms with Crippen LogP contribution >= 0.6 is 11.3 Å². The van der Waals surface area contributed by atoms with Crippen molar-refractivity contribution in [2.75, 3.05) is 20.6 Å². The lowest BCUT2D eigenvalue weighted by molar-refractivity contribution is 0.190. The van der Waals surface area contributed by atoms with Crippen LogP contribution in [0.15, 0.2) is 24.3 Å². The molecule has 0 amide bonds. The van der Waals surface area contributed by atoms with Crippen LogP contribution in [-0.4, -0.2) is 36.1 Å². The smallest absolute Gasteiger partial charge is 0.108 e. The van der Waals surface area contributed by atoms with Crippen molar-refractivity contribution in [1.29, 1.82) is 0 Å². The van der Waals surface area contributed by atoms with E-state index in [1.54, 1.807) is 11.3 Å². The molecule has 4 heteroatoms. The molecule has 1 heterocycles. The lowest BCUT2D eigenvalue weighted by Gasteiger charge is -2.32. The van der Waals surface area contributed by atoms with Gasteiger partial charge in [-0.15, -0.1) is 11.3 Å². The summed E-state index contributed by atoms with van der Waals surface area (Å²) in [6.45, 7) is 6.27. The molecular weight excluding hydrogens is 242 g/mol. The molecule has 0 saturated carbocycles. The van der Waals surface area contributed by atoms with Crippen LogP contribution in [0.5, 0.6) is 0 Å². The molecule has 0 aliphatic rings. The molecule has 0 bridgehead atoms. The Bertz CT molecular complexity index is 483. The standard InChI is InChI=1S/C14H21N3S/c1-14(2,17(3)4)10-15-9-13-16-11-7-5-6-8-12(11)18-13/h5-8,15H,9-10H2,1-4H3. The zero-order valence-electron chi connectivity index (χ0n) is 11.5. The summed E-state index contributed by atoms with van der Waals surface area (Å²) in [6, 6.07) is 8.29. The molecular formula is C14H21N3S. The van der Waals surface area contributed by atoms with E-state index in [9.17, 15) is 0 Å². The third kappa shape index (κ3) is 3.07. The number of likely N-dealkylation sites (N-methyl/N-ethyl adjacent to an activating group) is 1. The molecule has 1 N–H and O–H groups in total. The fourth-order valence-electron chi connectivity index (χ4n) is 1.63. The van der Waals surface area contributed by atoms with E-state index >= 15 is 0 Å². The summed E-state index contributed by atoms with van der Waals surface area (Å²) in [4.78, 5) is 6.85. The van der Waals surface area contributed by atoms with Gasteiger partial charge in [-0.05, 0) is 40.1 Å². The van der Waals surface area contributed by atoms with Crippen molar-refractivity contribution < 1.29 is 0 Å². The maximum atomic E-state index is 4.62. The van der Waals surface area contributed by atoms with Gasteiger partial charge in [0.25, 0.3) is 0 Å². The van der Waals surface area contributed by atoms with E-state index in [-0.39, 0.29) is 5.54 Å². The summed E-state index contributed by atoms with van der Waals surface area (Å²) in [5.41, 5.74) is 1.27. The highest BCUT2D eigenvalue weighted by Crippen LogP contribution is 2.21. The maximum absolute atomic E-state index is 4.62. The summed E-state index contributed by atoms with van der Waals surface area (Å²) >= 11 is 1.77. The van der Waals surface area contributed by atoms with Crippen LogP contribution in [0.25, 0.3) is 10.2 Å². The number of thiazole rings is 1. The highest BCUT2D eigenvalue weighted by molar-refractivity contribution is 7.18. The third-order valence-electron chi connectivity index (χ3n) is 3.38. The van der Waals surface area contributed by atoms with E-state index in [1.165, 1.54) is 4.70 Å². The predicted molar refractivity (Wildman–Crippen MR) is 79.1 cm³/mol. The first-order valence-corrected chi connectivity index (χ1v) is 7.03. The number of rotatable bonds is 5. The number of nitrogens with one attached hydrogen (secondary N) is 1. The number of hydrogen-bond acceptors (Lipinski definition) is 4. The fraction of sp³-hybridized carbons (Fsp3) is 0.500. The van der Waals surface area contributed by atoms with Crippen LogP contribution in [0, 0.1) is 0 Å². The Morgan fingerprint density at radius 1 is 1.28 bits per heavy atom. The maximum Gasteiger partial charge on any atom is 0.108 e. The van der Waals surface area contributed by atoms with Crippen LogP contribution in [0.3, 0.4) is 0 Å². The first kappa shape index (κ1) is 13.5. The second kappa shape index (κ2) is 5.34. The van der Waals surface area contributed by atoms with Gasteiger partial charge < -0.3 is 10.2 Å². The molecule has 0 fully saturated rings. The van der Waals surface area contributed by atoms with E-state index in [1.807, 2.05) is 6.07 Å². The second-order valence-corrected chi connectivity index (χ2v) is 6.50. The van der Waals surface area contributed by atoms with Crippen LogP contribution < -0.4 is 5.32 Å². The zero-order valence-corrected chi connectivity index (χ0v) is 12.3. The first-order chi connectivity index (χ1) is 8.49. The first-order valence-electron chi connectivity index (χ1n) is 6.22. The van der Waals surface area contributed by atoms with Gasteiger partial charge in [-0.1, -0.05) is 12.1 Å². The Morgan fingerprint density at radius 2 is 2.00 bits per heavy atom. The van der Waals surface area contributed by atoms with Crippen LogP contribution in [0.4, 0.5) is 0 Å². The average molecular weight is 263 g/mol. The molecule has 0 radical (unpaired) electrons. The monoisotopic (exact) mass is 263 g/mol. The SMILES string of the molecule is CN(C)C(C)(C)CNCc1nc2ccccc2s1. The Kier molecular flexibility index (Phi) is 4.00. The Morgan fingerprint density at radius 3 is 2.67 bits per heavy atom. The molecule has 1 aromatic heterocycles. The van der Waals surface area contributed by atoms with Crippen molar-refractivity contribution in [3.8, 4) is 0 Å². The zero-order chi connectivity index (χ0) is 13.2. The molecule has 3 nitrogen and oxygen atoms in total. The van der Waals surface area contributed by atoms with E-state index in [0.717, 1.165) is 23.6 Å². The van der Waals surface area contributed by atoms with E-state index in [0.29, 0.717) is 0 Å². The molecule has 0 atom stereocenters. The van der Waals surface area contributed by atoms with Crippen molar-refractivity contribution in [3.05, 3.63) is 29.3 Å². The van der Waals surface area contributed by atoms with Crippen molar-refractivity contribution in [2.45, 2.75) is 25.9 Å². The van der Waals surface area contributed by atoms with E-state index in [2.05, 4.69) is 61.3 Å². The number of hydrogen-bond donors (Lipinski definition) is 1. The molecule has 1 aromatic carbocycles. The summed E-state index contributed by atoms with van der Waals surface area (Å²) < 4.78 is 1.26. The highest BCUT2D eigenvalue weighted by atomic mass is 32.1. The molecule has 2 rings (SSSR count). The minimum absolute atomic E-state index is 0.163. The normalized spacial score (nSPS) is 12.5. The van der Waals surface area contributed by atoms with Crippen LogP contribution in [-0.2, 0) is 6.54 Å². The summed E-state index contributed by atoms with van der Waals surface area (Å²) in [6.07, 6.45) is 0. The van der Waals surface area contributed by atoms with Gasteiger partial charge in [-0.2, -0.15) is 0 Å². The molecule has 0 aliphatic carbocycles. The van der Waals surface area contributed by atoms with Gasteiger partial charge in [-0.3, -0.25) is 0 Å². The number of nitrogens with zero attached hydrogens (tertiary/aromatic N) is 2. The second-order valence-electron chi connectivity index (χ2n) is 5.39. The number of aromatic nitrogens is 1. The quantitative estimate of drug-likeness (QED) is 0.899. The Balaban J connectivity index is 1.94. The van der Waals surface area contributed by atoms with Crippen molar-refractivity contribution in [2.24, 2.45) is 0 Å². The lowest BCUT2D eigenvalue weighted by Crippen LogP contribution is -2.46. The van der Waals surface area contributed by atoms with Gasteiger partial charge in [0.05, 0.1) is 10.2 Å². The molecule has 0 saturated heterocycles. The lowest BCUT2D eigenvalue weighted by atomic mass is 10.0. The van der Waals surface area contributed by atoms with Gasteiger partial charge in [-0.25, -0.2) is 4.98 Å². The van der Waals surface area contributed by atoms with Gasteiger partial charge >= 0.3 is 0 Å². The summed E-state index contributed by atoms with van der Waals surface area (Å²) in [7, 11) is 4.22. The van der Waals surface area contributed by atoms with Crippen LogP contribution in [0.1, 0.15) is 18.9 Å². The topological polar surface area (TPSA) is 28.2 Å². The predicted octanol–water partition coefficient (Wildman–Crippen LogP) is 2.73. The minimum atomic E-state index is 0.163. The Labute approximate surface area is 113 Å². The molecule has 98 valence electrons. The van der Waals surface area contributed by atoms with E-state index < -0.39 is 0 Å². The number of para-hydroxylation sites is 1. The number of fused-ring (bicyclic) bond motifs is 1. The largest absolute Gasteiger partial charge is 0.309 e. The van der Waals surface area contributed by atoms with Gasteiger partial charge in [0.1, 0.15) is 5.01 Å². The van der Waals surface area contributed by atoms with Crippen molar-refractivity contribution in [1.82, 2.24) is 15.2 Å². The molecule has 2 aromatic rings. The van der Waals surface area contributed by atoms with Crippen molar-refractivity contribution >= 4 is 21.6 Å². The molecule has 18 heavy (non-hydrogen) atoms. The summed E-state index contributed by atoms with van der Waals surface area (Å²) in [5.74, 6) is 0. The van der Waals surface area contributed by atoms with Gasteiger partial charge in [0, 0.05) is 18.6 Å². The highest BCUT2D eigenvalue weighted by Gasteiger charge is 2.19. The Hall–Kier alpha value is -0.970. The molecule has 0 spiro atoms. The molecule has 0 aliphatic heterocycles. The van der Waals surface area contributed by atoms with Gasteiger partial charge in [0.2, 0.25) is 0 Å². The fourth-order valence-corrected chi connectivity index (χ4v) is 2.57. The van der Waals surface area contributed by atoms with Crippen molar-refractivity contribution in [3.63, 3.8) is 0 Å². The van der Waals surface area contributed by atoms with Crippen LogP contribution in [0.2, 0.25) is 0 Å². The van der Waals surface area contributed by atoms with E-state index in [4.69, 9.17) is 0 Å². The number of benzene rings is 1.